The lowest BCUT2D eigenvalue weighted by atomic mass is 9.33. The topological polar surface area (TPSA) is 72.5 Å². The Balaban J connectivity index is 1.51. The maximum Gasteiger partial charge on any atom is 0.302 e. The lowest BCUT2D eigenvalue weighted by Gasteiger charge is -2.70. The molecule has 4 fully saturated rings. The zero-order valence-corrected chi connectivity index (χ0v) is 29.6. The van der Waals surface area contributed by atoms with E-state index in [1.54, 1.807) is 0 Å². The standard InChI is InChI=1S/C39H63NO4/c1-10-11-12-13-14-23-40-34(43)39(9)30-16-20-38(8)33(36(30,6)19-17-31(39)44-27(4)41)29(42)24-28-32-26(3)25(2)15-18-35(32,5)21-22-37(28,38)7/h24-26,30-33H,10-23H2,1-9H3,(H,40,43)/t25-,26+,30?,31-,32?,33?,35-,36+,37-,38-,39-/m1/s1. The molecule has 0 aromatic heterocycles. The normalized spacial score (nSPS) is 46.5. The Labute approximate surface area is 268 Å². The second-order valence-electron chi connectivity index (χ2n) is 17.4. The van der Waals surface area contributed by atoms with E-state index in [4.69, 9.17) is 4.74 Å². The van der Waals surface area contributed by atoms with Crippen LogP contribution in [0.25, 0.3) is 0 Å². The molecule has 5 nitrogen and oxygen atoms in total. The number of amides is 1. The van der Waals surface area contributed by atoms with Crippen LogP contribution in [-0.2, 0) is 19.1 Å². The molecule has 0 aromatic rings. The van der Waals surface area contributed by atoms with Crippen molar-refractivity contribution in [3.8, 4) is 0 Å². The van der Waals surface area contributed by atoms with Crippen molar-refractivity contribution in [3.63, 3.8) is 0 Å². The largest absolute Gasteiger partial charge is 0.461 e. The molecule has 1 amide bonds. The third-order valence-electron chi connectivity index (χ3n) is 15.1. The summed E-state index contributed by atoms with van der Waals surface area (Å²) in [6.45, 7) is 21.0. The van der Waals surface area contributed by atoms with Crippen molar-refractivity contribution in [1.29, 1.82) is 0 Å². The minimum atomic E-state index is -0.868. The van der Waals surface area contributed by atoms with Gasteiger partial charge in [0.1, 0.15) is 6.10 Å². The van der Waals surface area contributed by atoms with Crippen LogP contribution in [0.5, 0.6) is 0 Å². The van der Waals surface area contributed by atoms with Crippen LogP contribution < -0.4 is 5.32 Å². The van der Waals surface area contributed by atoms with E-state index in [9.17, 15) is 14.4 Å². The van der Waals surface area contributed by atoms with Gasteiger partial charge in [-0.05, 0) is 116 Å². The fourth-order valence-electron chi connectivity index (χ4n) is 12.2. The first-order valence-electron chi connectivity index (χ1n) is 18.3. The average molecular weight is 610 g/mol. The van der Waals surface area contributed by atoms with Crippen LogP contribution in [0.2, 0.25) is 0 Å². The minimum absolute atomic E-state index is 0.00271. The number of fused-ring (bicyclic) bond motifs is 7. The summed E-state index contributed by atoms with van der Waals surface area (Å²) < 4.78 is 5.97. The van der Waals surface area contributed by atoms with Gasteiger partial charge in [-0.25, -0.2) is 0 Å². The van der Waals surface area contributed by atoms with Gasteiger partial charge < -0.3 is 10.1 Å². The quantitative estimate of drug-likeness (QED) is 0.220. The fraction of sp³-hybridized carbons (Fsp3) is 0.872. The number of carbonyl (C=O) groups is 3. The number of unbranched alkanes of at least 4 members (excludes halogenated alkanes) is 4. The van der Waals surface area contributed by atoms with Gasteiger partial charge in [-0.15, -0.1) is 0 Å². The second-order valence-corrected chi connectivity index (χ2v) is 17.4. The van der Waals surface area contributed by atoms with Gasteiger partial charge in [-0.2, -0.15) is 0 Å². The Hall–Kier alpha value is -1.65. The van der Waals surface area contributed by atoms with Crippen molar-refractivity contribution in [2.45, 2.75) is 152 Å². The SMILES string of the molecule is CCCCCCCNC(=O)[C@]1(C)C2CC[C@]3(C)C(C(=O)C=C4C5[C@@H](C)[C@H](C)CC[C@]5(C)CC[C@]43C)[C@@]2(C)CC[C@H]1OC(C)=O. The number of hydrogen-bond donors (Lipinski definition) is 1. The van der Waals surface area contributed by atoms with Gasteiger partial charge in [0.25, 0.3) is 0 Å². The molecular formula is C39H63NO4. The highest BCUT2D eigenvalue weighted by atomic mass is 16.5. The molecule has 11 atom stereocenters. The number of carbonyl (C=O) groups excluding carboxylic acids is 3. The van der Waals surface area contributed by atoms with Crippen LogP contribution in [0.1, 0.15) is 146 Å². The van der Waals surface area contributed by atoms with Crippen LogP contribution in [0.15, 0.2) is 11.6 Å². The smallest absolute Gasteiger partial charge is 0.302 e. The first-order chi connectivity index (χ1) is 20.6. The Kier molecular flexibility index (Phi) is 9.08. The maximum absolute atomic E-state index is 14.7. The van der Waals surface area contributed by atoms with Crippen LogP contribution >= 0.6 is 0 Å². The van der Waals surface area contributed by atoms with Gasteiger partial charge in [0.2, 0.25) is 5.91 Å². The fourth-order valence-corrected chi connectivity index (χ4v) is 12.2. The van der Waals surface area contributed by atoms with Crippen LogP contribution in [-0.4, -0.2) is 30.3 Å². The van der Waals surface area contributed by atoms with Gasteiger partial charge in [-0.3, -0.25) is 14.4 Å². The van der Waals surface area contributed by atoms with Gasteiger partial charge in [0.05, 0.1) is 5.41 Å². The summed E-state index contributed by atoms with van der Waals surface area (Å²) in [5.74, 6) is 1.52. The lowest BCUT2D eigenvalue weighted by Crippen LogP contribution is -2.69. The second kappa shape index (κ2) is 11.9. The molecule has 248 valence electrons. The third kappa shape index (κ3) is 4.95. The molecule has 0 aliphatic heterocycles. The molecule has 1 N–H and O–H groups in total. The van der Waals surface area contributed by atoms with E-state index in [2.05, 4.69) is 59.9 Å². The number of nitrogens with one attached hydrogen (secondary N) is 1. The zero-order valence-electron chi connectivity index (χ0n) is 29.6. The van der Waals surface area contributed by atoms with Crippen molar-refractivity contribution in [2.24, 2.45) is 56.7 Å². The predicted octanol–water partition coefficient (Wildman–Crippen LogP) is 8.84. The molecule has 5 rings (SSSR count). The number of hydrogen-bond acceptors (Lipinski definition) is 4. The molecule has 0 radical (unpaired) electrons. The van der Waals surface area contributed by atoms with Crippen molar-refractivity contribution in [1.82, 2.24) is 5.32 Å². The summed E-state index contributed by atoms with van der Waals surface area (Å²) in [7, 11) is 0. The molecule has 0 heterocycles. The highest BCUT2D eigenvalue weighted by molar-refractivity contribution is 5.96. The first kappa shape index (κ1) is 33.7. The molecule has 5 aliphatic rings. The summed E-state index contributed by atoms with van der Waals surface area (Å²) >= 11 is 0. The summed E-state index contributed by atoms with van der Waals surface area (Å²) in [5, 5.41) is 3.29. The molecule has 0 saturated heterocycles. The monoisotopic (exact) mass is 609 g/mol. The number of ketones is 1. The molecule has 5 aliphatic carbocycles. The van der Waals surface area contributed by atoms with E-state index in [1.807, 2.05) is 6.92 Å². The molecule has 4 saturated carbocycles. The summed E-state index contributed by atoms with van der Waals surface area (Å²) in [5.41, 5.74) is 0.328. The van der Waals surface area contributed by atoms with E-state index in [0.717, 1.165) is 38.5 Å². The van der Waals surface area contributed by atoms with Gasteiger partial charge in [0, 0.05) is 19.4 Å². The van der Waals surface area contributed by atoms with Crippen molar-refractivity contribution < 1.29 is 19.1 Å². The Bertz CT molecular complexity index is 1180. The van der Waals surface area contributed by atoms with Crippen molar-refractivity contribution in [3.05, 3.63) is 11.6 Å². The van der Waals surface area contributed by atoms with Gasteiger partial charge in [0.15, 0.2) is 5.78 Å². The van der Waals surface area contributed by atoms with E-state index < -0.39 is 11.5 Å². The highest BCUT2D eigenvalue weighted by Crippen LogP contribution is 2.75. The predicted molar refractivity (Wildman–Crippen MR) is 177 cm³/mol. The summed E-state index contributed by atoms with van der Waals surface area (Å²) in [6, 6.07) is 0. The van der Waals surface area contributed by atoms with Crippen LogP contribution in [0.3, 0.4) is 0 Å². The van der Waals surface area contributed by atoms with E-state index >= 15 is 0 Å². The molecule has 0 spiro atoms. The lowest BCUT2D eigenvalue weighted by molar-refractivity contribution is -0.214. The molecule has 3 unspecified atom stereocenters. The molecule has 0 bridgehead atoms. The molecule has 44 heavy (non-hydrogen) atoms. The van der Waals surface area contributed by atoms with Crippen LogP contribution in [0.4, 0.5) is 0 Å². The van der Waals surface area contributed by atoms with E-state index in [-0.39, 0.29) is 45.4 Å². The molecular weight excluding hydrogens is 546 g/mol. The Morgan fingerprint density at radius 2 is 1.61 bits per heavy atom. The minimum Gasteiger partial charge on any atom is -0.461 e. The number of allylic oxidation sites excluding steroid dienone is 2. The number of esters is 1. The third-order valence-corrected chi connectivity index (χ3v) is 15.1. The average Bonchev–Trinajstić information content (AvgIpc) is 2.95. The van der Waals surface area contributed by atoms with Crippen molar-refractivity contribution >= 4 is 17.7 Å². The van der Waals surface area contributed by atoms with E-state index in [0.29, 0.717) is 36.5 Å². The maximum atomic E-state index is 14.7. The van der Waals surface area contributed by atoms with Crippen molar-refractivity contribution in [2.75, 3.05) is 6.54 Å². The Morgan fingerprint density at radius 1 is 0.909 bits per heavy atom. The van der Waals surface area contributed by atoms with Gasteiger partial charge >= 0.3 is 5.97 Å². The molecule has 5 heteroatoms. The number of rotatable bonds is 8. The van der Waals surface area contributed by atoms with Gasteiger partial charge in [-0.1, -0.05) is 79.7 Å². The molecule has 0 aromatic carbocycles. The highest BCUT2D eigenvalue weighted by Gasteiger charge is 2.72. The summed E-state index contributed by atoms with van der Waals surface area (Å²) in [4.78, 5) is 41.3. The number of ether oxygens (including phenoxy) is 1. The summed E-state index contributed by atoms with van der Waals surface area (Å²) in [6.07, 6.45) is 15.5. The zero-order chi connectivity index (χ0) is 32.3. The Morgan fingerprint density at radius 3 is 2.30 bits per heavy atom. The van der Waals surface area contributed by atoms with Crippen LogP contribution in [0, 0.1) is 56.7 Å². The first-order valence-corrected chi connectivity index (χ1v) is 18.3. The van der Waals surface area contributed by atoms with E-state index in [1.165, 1.54) is 51.0 Å².